The first-order chi connectivity index (χ1) is 15.9. The van der Waals surface area contributed by atoms with Gasteiger partial charge >= 0.3 is 0 Å². The molecule has 0 bridgehead atoms. The second kappa shape index (κ2) is 7.63. The van der Waals surface area contributed by atoms with E-state index in [-0.39, 0.29) is 5.91 Å². The summed E-state index contributed by atoms with van der Waals surface area (Å²) in [4.78, 5) is 20.5. The Kier molecular flexibility index (Phi) is 4.86. The molecule has 5 rings (SSSR count). The molecular formula is C27H25N3O3. The number of para-hydroxylation sites is 1. The number of hydrogen-bond acceptors (Lipinski definition) is 5. The highest BCUT2D eigenvalue weighted by molar-refractivity contribution is 6.11. The Morgan fingerprint density at radius 2 is 1.97 bits per heavy atom. The van der Waals surface area contributed by atoms with Gasteiger partial charge in [-0.25, -0.2) is 0 Å². The van der Waals surface area contributed by atoms with Crippen molar-refractivity contribution >= 4 is 11.6 Å². The molecule has 2 aliphatic rings. The zero-order valence-electron chi connectivity index (χ0n) is 19.0. The van der Waals surface area contributed by atoms with Crippen molar-refractivity contribution < 1.29 is 14.3 Å². The van der Waals surface area contributed by atoms with Gasteiger partial charge in [0.25, 0.3) is 0 Å². The van der Waals surface area contributed by atoms with E-state index in [2.05, 4.69) is 11.1 Å². The average Bonchev–Trinajstić information content (AvgIpc) is 3.02. The smallest absolute Gasteiger partial charge is 0.242 e. The van der Waals surface area contributed by atoms with E-state index in [4.69, 9.17) is 14.7 Å². The summed E-state index contributed by atoms with van der Waals surface area (Å²) in [5.74, 6) is 1.41. The minimum Gasteiger partial charge on any atom is -0.494 e. The number of amides is 1. The third-order valence-corrected chi connectivity index (χ3v) is 6.34. The van der Waals surface area contributed by atoms with Crippen LogP contribution < -0.4 is 14.4 Å². The third-order valence-electron chi connectivity index (χ3n) is 6.34. The highest BCUT2D eigenvalue weighted by Crippen LogP contribution is 2.56. The van der Waals surface area contributed by atoms with Crippen molar-refractivity contribution in [3.05, 3.63) is 83.2 Å². The van der Waals surface area contributed by atoms with Crippen LogP contribution in [0.25, 0.3) is 0 Å². The van der Waals surface area contributed by atoms with Crippen molar-refractivity contribution in [2.45, 2.75) is 44.8 Å². The second-order valence-corrected chi connectivity index (χ2v) is 9.09. The van der Waals surface area contributed by atoms with Crippen molar-refractivity contribution in [3.8, 4) is 17.6 Å². The van der Waals surface area contributed by atoms with Crippen molar-refractivity contribution in [1.82, 2.24) is 4.98 Å². The number of nitriles is 1. The Labute approximate surface area is 193 Å². The van der Waals surface area contributed by atoms with Crippen LogP contribution in [-0.4, -0.2) is 23.1 Å². The van der Waals surface area contributed by atoms with Crippen LogP contribution in [0.3, 0.4) is 0 Å². The fourth-order valence-corrected chi connectivity index (χ4v) is 5.12. The number of carbonyl (C=O) groups excluding carboxylic acids is 1. The SMILES string of the molecule is CCOc1ccc2c(c1)OC(C)(C)CC21C(=O)N(Cc2ccc(C#N)cn2)c2ccccc21. The summed E-state index contributed by atoms with van der Waals surface area (Å²) in [5, 5.41) is 9.07. The first kappa shape index (κ1) is 21.0. The van der Waals surface area contributed by atoms with E-state index in [0.717, 1.165) is 28.3 Å². The van der Waals surface area contributed by atoms with Gasteiger partial charge in [-0.05, 0) is 50.6 Å². The number of ether oxygens (including phenoxy) is 2. The molecule has 1 unspecified atom stereocenters. The standard InChI is InChI=1S/C27H25N3O3/c1-4-32-20-11-12-22-24(13-20)33-26(2,3)17-27(22)21-7-5-6-8-23(21)30(25(27)31)16-19-10-9-18(14-28)15-29-19/h5-13,15H,4,16-17H2,1-3H3. The van der Waals surface area contributed by atoms with Crippen LogP contribution in [0.15, 0.2) is 60.8 Å². The summed E-state index contributed by atoms with van der Waals surface area (Å²) in [7, 11) is 0. The fourth-order valence-electron chi connectivity index (χ4n) is 5.12. The van der Waals surface area contributed by atoms with Gasteiger partial charge in [-0.3, -0.25) is 9.78 Å². The molecular weight excluding hydrogens is 414 g/mol. The number of hydrogen-bond donors (Lipinski definition) is 0. The van der Waals surface area contributed by atoms with Crippen molar-refractivity contribution in [2.75, 3.05) is 11.5 Å². The van der Waals surface area contributed by atoms with Crippen LogP contribution in [0.4, 0.5) is 5.69 Å². The minimum atomic E-state index is -0.856. The largest absolute Gasteiger partial charge is 0.494 e. The number of anilines is 1. The van der Waals surface area contributed by atoms with Crippen LogP contribution >= 0.6 is 0 Å². The molecule has 0 saturated heterocycles. The van der Waals surface area contributed by atoms with Crippen LogP contribution in [0.5, 0.6) is 11.5 Å². The van der Waals surface area contributed by atoms with E-state index in [0.29, 0.717) is 30.9 Å². The Balaban J connectivity index is 1.65. The van der Waals surface area contributed by atoms with Gasteiger partial charge in [-0.1, -0.05) is 24.3 Å². The van der Waals surface area contributed by atoms with E-state index >= 15 is 0 Å². The zero-order valence-corrected chi connectivity index (χ0v) is 19.0. The predicted octanol–water partition coefficient (Wildman–Crippen LogP) is 4.75. The topological polar surface area (TPSA) is 75.5 Å². The maximum absolute atomic E-state index is 14.3. The summed E-state index contributed by atoms with van der Waals surface area (Å²) < 4.78 is 12.0. The van der Waals surface area contributed by atoms with Gasteiger partial charge in [-0.15, -0.1) is 0 Å². The maximum atomic E-state index is 14.3. The van der Waals surface area contributed by atoms with E-state index in [1.165, 1.54) is 0 Å². The van der Waals surface area contributed by atoms with Crippen molar-refractivity contribution in [2.24, 2.45) is 0 Å². The number of pyridine rings is 1. The molecule has 0 radical (unpaired) electrons. The van der Waals surface area contributed by atoms with E-state index in [9.17, 15) is 4.79 Å². The van der Waals surface area contributed by atoms with Crippen LogP contribution in [0.1, 0.15) is 49.6 Å². The molecule has 0 aliphatic carbocycles. The highest BCUT2D eigenvalue weighted by Gasteiger charge is 2.58. The van der Waals surface area contributed by atoms with Crippen LogP contribution in [0.2, 0.25) is 0 Å². The molecule has 1 aromatic heterocycles. The van der Waals surface area contributed by atoms with Gasteiger partial charge in [0.15, 0.2) is 0 Å². The molecule has 2 aromatic carbocycles. The molecule has 0 saturated carbocycles. The van der Waals surface area contributed by atoms with Crippen LogP contribution in [0, 0.1) is 11.3 Å². The summed E-state index contributed by atoms with van der Waals surface area (Å²) >= 11 is 0. The van der Waals surface area contributed by atoms with Gasteiger partial charge in [0.2, 0.25) is 5.91 Å². The molecule has 1 amide bonds. The summed E-state index contributed by atoms with van der Waals surface area (Å²) in [6.07, 6.45) is 2.06. The lowest BCUT2D eigenvalue weighted by molar-refractivity contribution is -0.124. The van der Waals surface area contributed by atoms with E-state index < -0.39 is 11.0 Å². The molecule has 33 heavy (non-hydrogen) atoms. The number of fused-ring (bicyclic) bond motifs is 4. The number of carbonyl (C=O) groups is 1. The molecule has 1 spiro atoms. The van der Waals surface area contributed by atoms with Crippen molar-refractivity contribution in [3.63, 3.8) is 0 Å². The van der Waals surface area contributed by atoms with Gasteiger partial charge in [0.05, 0.1) is 24.4 Å². The third kappa shape index (κ3) is 3.32. The van der Waals surface area contributed by atoms with Crippen molar-refractivity contribution in [1.29, 1.82) is 5.26 Å². The first-order valence-electron chi connectivity index (χ1n) is 11.1. The molecule has 0 N–H and O–H groups in total. The monoisotopic (exact) mass is 439 g/mol. The van der Waals surface area contributed by atoms with Gasteiger partial charge in [0.1, 0.15) is 28.6 Å². The molecule has 166 valence electrons. The quantitative estimate of drug-likeness (QED) is 0.587. The molecule has 3 heterocycles. The second-order valence-electron chi connectivity index (χ2n) is 9.09. The highest BCUT2D eigenvalue weighted by atomic mass is 16.5. The van der Waals surface area contributed by atoms with Gasteiger partial charge in [0, 0.05) is 29.9 Å². The van der Waals surface area contributed by atoms with E-state index in [1.54, 1.807) is 18.3 Å². The molecule has 1 atom stereocenters. The molecule has 2 aliphatic heterocycles. The lowest BCUT2D eigenvalue weighted by Gasteiger charge is -2.43. The predicted molar refractivity (Wildman–Crippen MR) is 124 cm³/mol. The Hall–Kier alpha value is -3.85. The fraction of sp³-hybridized carbons (Fsp3) is 0.296. The zero-order chi connectivity index (χ0) is 23.2. The number of rotatable bonds is 4. The van der Waals surface area contributed by atoms with Gasteiger partial charge in [-0.2, -0.15) is 5.26 Å². The van der Waals surface area contributed by atoms with Gasteiger partial charge < -0.3 is 14.4 Å². The maximum Gasteiger partial charge on any atom is 0.242 e. The number of nitrogens with zero attached hydrogens (tertiary/aromatic N) is 3. The number of benzene rings is 2. The molecule has 3 aromatic rings. The number of aromatic nitrogens is 1. The lowest BCUT2D eigenvalue weighted by atomic mass is 9.67. The summed E-state index contributed by atoms with van der Waals surface area (Å²) in [5.41, 5.74) is 2.53. The Morgan fingerprint density at radius 3 is 2.70 bits per heavy atom. The molecule has 0 fully saturated rings. The Morgan fingerprint density at radius 1 is 1.15 bits per heavy atom. The summed E-state index contributed by atoms with van der Waals surface area (Å²) in [6.45, 7) is 6.87. The minimum absolute atomic E-state index is 0.0108. The Bertz CT molecular complexity index is 1280. The molecule has 6 heteroatoms. The summed E-state index contributed by atoms with van der Waals surface area (Å²) in [6, 6.07) is 19.3. The first-order valence-corrected chi connectivity index (χ1v) is 11.1. The molecule has 6 nitrogen and oxygen atoms in total. The lowest BCUT2D eigenvalue weighted by Crippen LogP contribution is -2.50. The van der Waals surface area contributed by atoms with Crippen LogP contribution in [-0.2, 0) is 16.8 Å². The van der Waals surface area contributed by atoms with E-state index in [1.807, 2.05) is 68.1 Å². The normalized spacial score (nSPS) is 20.1. The average molecular weight is 440 g/mol.